The number of carbonyl (C=O) groups excluding carboxylic acids is 1. The van der Waals surface area contributed by atoms with Gasteiger partial charge in [-0.1, -0.05) is 6.07 Å². The second kappa shape index (κ2) is 4.51. The fourth-order valence-electron chi connectivity index (χ4n) is 1.26. The normalized spacial score (nSPS) is 12.5. The van der Waals surface area contributed by atoms with Crippen LogP contribution in [0.4, 0.5) is 0 Å². The van der Waals surface area contributed by atoms with Gasteiger partial charge in [-0.05, 0) is 44.0 Å². The molecular weight excluding hydrogens is 194 g/mol. The van der Waals surface area contributed by atoms with Crippen LogP contribution in [-0.2, 0) is 4.79 Å². The van der Waals surface area contributed by atoms with Crippen molar-refractivity contribution in [1.82, 2.24) is 0 Å². The zero-order valence-corrected chi connectivity index (χ0v) is 9.52. The van der Waals surface area contributed by atoms with Gasteiger partial charge in [-0.2, -0.15) is 0 Å². The van der Waals surface area contributed by atoms with E-state index >= 15 is 0 Å². The Morgan fingerprint density at radius 1 is 1.29 bits per heavy atom. The van der Waals surface area contributed by atoms with Crippen molar-refractivity contribution in [2.45, 2.75) is 30.9 Å². The van der Waals surface area contributed by atoms with Crippen molar-refractivity contribution in [3.63, 3.8) is 0 Å². The highest BCUT2D eigenvalue weighted by atomic mass is 32.2. The van der Waals surface area contributed by atoms with E-state index in [2.05, 4.69) is 18.2 Å². The Kier molecular flexibility index (Phi) is 3.58. The first-order valence-corrected chi connectivity index (χ1v) is 5.41. The van der Waals surface area contributed by atoms with Crippen LogP contribution in [0.5, 0.6) is 0 Å². The topological polar surface area (TPSA) is 43.1 Å². The monoisotopic (exact) mass is 209 g/mol. The molecule has 0 saturated heterocycles. The zero-order chi connectivity index (χ0) is 10.7. The van der Waals surface area contributed by atoms with Crippen LogP contribution in [0.3, 0.4) is 0 Å². The van der Waals surface area contributed by atoms with Crippen molar-refractivity contribution in [3.05, 3.63) is 29.3 Å². The highest BCUT2D eigenvalue weighted by Gasteiger charge is 2.10. The van der Waals surface area contributed by atoms with Gasteiger partial charge in [0.2, 0.25) is 5.91 Å². The van der Waals surface area contributed by atoms with Gasteiger partial charge in [-0.3, -0.25) is 4.79 Å². The third-order valence-electron chi connectivity index (χ3n) is 1.91. The molecule has 14 heavy (non-hydrogen) atoms. The van der Waals surface area contributed by atoms with Crippen LogP contribution in [0.2, 0.25) is 0 Å². The predicted molar refractivity (Wildman–Crippen MR) is 60.4 cm³/mol. The summed E-state index contributed by atoms with van der Waals surface area (Å²) in [5.41, 5.74) is 7.62. The number of rotatable bonds is 3. The molecule has 1 rings (SSSR count). The number of carbonyl (C=O) groups is 1. The first kappa shape index (κ1) is 11.1. The molecule has 3 heteroatoms. The summed E-state index contributed by atoms with van der Waals surface area (Å²) in [7, 11) is 0. The molecule has 0 aromatic heterocycles. The second-order valence-electron chi connectivity index (χ2n) is 3.49. The number of benzene rings is 1. The molecule has 0 heterocycles. The predicted octanol–water partition coefficient (Wildman–Crippen LogP) is 2.27. The number of thioether (sulfide) groups is 1. The highest BCUT2D eigenvalue weighted by Crippen LogP contribution is 2.24. The van der Waals surface area contributed by atoms with E-state index in [4.69, 9.17) is 5.73 Å². The van der Waals surface area contributed by atoms with Gasteiger partial charge in [-0.25, -0.2) is 0 Å². The molecule has 0 bridgehead atoms. The molecule has 2 N–H and O–H groups in total. The molecule has 0 aliphatic heterocycles. The molecule has 1 aromatic rings. The number of nitrogens with two attached hydrogens (primary N) is 1. The fourth-order valence-corrected chi connectivity index (χ4v) is 2.30. The lowest BCUT2D eigenvalue weighted by atomic mass is 10.2. The summed E-state index contributed by atoms with van der Waals surface area (Å²) < 4.78 is 0. The summed E-state index contributed by atoms with van der Waals surface area (Å²) in [5.74, 6) is -0.269. The molecule has 76 valence electrons. The van der Waals surface area contributed by atoms with Crippen molar-refractivity contribution in [2.75, 3.05) is 0 Å². The smallest absolute Gasteiger partial charge is 0.230 e. The Morgan fingerprint density at radius 2 is 1.79 bits per heavy atom. The Hall–Kier alpha value is -0.960. The molecule has 0 aliphatic carbocycles. The van der Waals surface area contributed by atoms with Crippen LogP contribution in [0, 0.1) is 13.8 Å². The van der Waals surface area contributed by atoms with Crippen LogP contribution >= 0.6 is 11.8 Å². The van der Waals surface area contributed by atoms with Crippen molar-refractivity contribution < 1.29 is 4.79 Å². The maximum absolute atomic E-state index is 10.9. The summed E-state index contributed by atoms with van der Waals surface area (Å²) in [4.78, 5) is 12.0. The van der Waals surface area contributed by atoms with Crippen LogP contribution in [-0.4, -0.2) is 11.2 Å². The molecule has 0 spiro atoms. The van der Waals surface area contributed by atoms with Crippen molar-refractivity contribution >= 4 is 17.7 Å². The van der Waals surface area contributed by atoms with E-state index in [9.17, 15) is 4.79 Å². The molecule has 2 nitrogen and oxygen atoms in total. The van der Waals surface area contributed by atoms with Gasteiger partial charge >= 0.3 is 0 Å². The van der Waals surface area contributed by atoms with Crippen molar-refractivity contribution in [3.8, 4) is 0 Å². The van der Waals surface area contributed by atoms with E-state index in [1.807, 2.05) is 20.8 Å². The second-order valence-corrected chi connectivity index (χ2v) is 4.90. The molecule has 1 unspecified atom stereocenters. The minimum absolute atomic E-state index is 0.170. The molecule has 0 fully saturated rings. The van der Waals surface area contributed by atoms with E-state index in [1.54, 1.807) is 0 Å². The molecule has 0 saturated carbocycles. The molecule has 1 atom stereocenters. The zero-order valence-electron chi connectivity index (χ0n) is 8.70. The van der Waals surface area contributed by atoms with Crippen molar-refractivity contribution in [1.29, 1.82) is 0 Å². The average Bonchev–Trinajstić information content (AvgIpc) is 2.01. The largest absolute Gasteiger partial charge is 0.369 e. The lowest BCUT2D eigenvalue weighted by Crippen LogP contribution is -2.22. The Morgan fingerprint density at radius 3 is 2.21 bits per heavy atom. The first-order valence-electron chi connectivity index (χ1n) is 4.53. The number of amides is 1. The average molecular weight is 209 g/mol. The maximum Gasteiger partial charge on any atom is 0.230 e. The Bertz CT molecular complexity index is 329. The van der Waals surface area contributed by atoms with Crippen LogP contribution in [0.25, 0.3) is 0 Å². The molecule has 0 aliphatic rings. The van der Waals surface area contributed by atoms with Crippen LogP contribution in [0.15, 0.2) is 23.1 Å². The number of aryl methyl sites for hydroxylation is 2. The quantitative estimate of drug-likeness (QED) is 0.776. The third kappa shape index (κ3) is 3.07. The van der Waals surface area contributed by atoms with Gasteiger partial charge in [0.1, 0.15) is 0 Å². The van der Waals surface area contributed by atoms with E-state index in [0.29, 0.717) is 0 Å². The van der Waals surface area contributed by atoms with Crippen LogP contribution in [0.1, 0.15) is 18.1 Å². The molecule has 1 aromatic carbocycles. The van der Waals surface area contributed by atoms with Gasteiger partial charge in [0.25, 0.3) is 0 Å². The summed E-state index contributed by atoms with van der Waals surface area (Å²) in [5, 5.41) is -0.170. The van der Waals surface area contributed by atoms with Gasteiger partial charge < -0.3 is 5.73 Å². The van der Waals surface area contributed by atoms with Gasteiger partial charge in [-0.15, -0.1) is 11.8 Å². The lowest BCUT2D eigenvalue weighted by Gasteiger charge is -2.08. The minimum atomic E-state index is -0.269. The van der Waals surface area contributed by atoms with Gasteiger partial charge in [0.05, 0.1) is 5.25 Å². The Labute approximate surface area is 88.9 Å². The number of hydrogen-bond acceptors (Lipinski definition) is 2. The van der Waals surface area contributed by atoms with E-state index in [-0.39, 0.29) is 11.2 Å². The molecule has 0 radical (unpaired) electrons. The third-order valence-corrected chi connectivity index (χ3v) is 3.00. The maximum atomic E-state index is 10.9. The fraction of sp³-hybridized carbons (Fsp3) is 0.364. The minimum Gasteiger partial charge on any atom is -0.369 e. The van der Waals surface area contributed by atoms with Gasteiger partial charge in [0, 0.05) is 4.90 Å². The summed E-state index contributed by atoms with van der Waals surface area (Å²) in [6.07, 6.45) is 0. The summed E-state index contributed by atoms with van der Waals surface area (Å²) in [6, 6.07) is 6.24. The van der Waals surface area contributed by atoms with E-state index in [1.165, 1.54) is 22.9 Å². The van der Waals surface area contributed by atoms with E-state index < -0.39 is 0 Å². The summed E-state index contributed by atoms with van der Waals surface area (Å²) in [6.45, 7) is 5.92. The van der Waals surface area contributed by atoms with Gasteiger partial charge in [0.15, 0.2) is 0 Å². The molecule has 1 amide bonds. The SMILES string of the molecule is Cc1cc(C)cc(SC(C)C(N)=O)c1. The van der Waals surface area contributed by atoms with Crippen LogP contribution < -0.4 is 5.73 Å². The first-order chi connectivity index (χ1) is 6.49. The highest BCUT2D eigenvalue weighted by molar-refractivity contribution is 8.00. The van der Waals surface area contributed by atoms with E-state index in [0.717, 1.165) is 4.90 Å². The van der Waals surface area contributed by atoms with Crippen molar-refractivity contribution in [2.24, 2.45) is 5.73 Å². The number of primary amides is 1. The Balaban J connectivity index is 2.81. The number of hydrogen-bond donors (Lipinski definition) is 1. The summed E-state index contributed by atoms with van der Waals surface area (Å²) >= 11 is 1.51. The standard InChI is InChI=1S/C11H15NOS/c1-7-4-8(2)6-10(5-7)14-9(3)11(12)13/h4-6,9H,1-3H3,(H2,12,13). The molecular formula is C11H15NOS. The lowest BCUT2D eigenvalue weighted by molar-refractivity contribution is -0.117.